The average molecular weight is 269 g/mol. The van der Waals surface area contributed by atoms with E-state index < -0.39 is 0 Å². The Bertz CT molecular complexity index is 617. The molecule has 1 saturated heterocycles. The quantitative estimate of drug-likeness (QED) is 0.924. The standard InChI is InChI=1S/C16H19N3O/c1-2-9-19(13-10-17-11-13)16(20)15-14-6-4-3-5-12(14)7-8-18-15/h3-8,13,17H,2,9-11H2,1H3. The highest BCUT2D eigenvalue weighted by atomic mass is 16.2. The lowest BCUT2D eigenvalue weighted by Crippen LogP contribution is -2.59. The van der Waals surface area contributed by atoms with Gasteiger partial charge in [0.2, 0.25) is 0 Å². The van der Waals surface area contributed by atoms with E-state index in [1.54, 1.807) is 6.20 Å². The largest absolute Gasteiger partial charge is 0.332 e. The van der Waals surface area contributed by atoms with Crippen LogP contribution in [0.5, 0.6) is 0 Å². The molecule has 1 aliphatic rings. The summed E-state index contributed by atoms with van der Waals surface area (Å²) in [4.78, 5) is 19.1. The molecule has 2 heterocycles. The topological polar surface area (TPSA) is 45.2 Å². The van der Waals surface area contributed by atoms with Crippen LogP contribution in [0.15, 0.2) is 36.5 Å². The van der Waals surface area contributed by atoms with Crippen LogP contribution >= 0.6 is 0 Å². The number of aromatic nitrogens is 1. The lowest BCUT2D eigenvalue weighted by molar-refractivity contribution is 0.0612. The fourth-order valence-corrected chi connectivity index (χ4v) is 2.61. The first kappa shape index (κ1) is 13.1. The first-order chi connectivity index (χ1) is 9.81. The molecule has 4 heteroatoms. The zero-order valence-electron chi connectivity index (χ0n) is 11.7. The SMILES string of the molecule is CCCN(C(=O)c1nccc2ccccc12)C1CNC1. The normalized spacial score (nSPS) is 15.1. The Labute approximate surface area is 118 Å². The van der Waals surface area contributed by atoms with E-state index in [1.165, 1.54) is 0 Å². The molecular formula is C16H19N3O. The molecule has 0 aliphatic carbocycles. The zero-order chi connectivity index (χ0) is 13.9. The molecular weight excluding hydrogens is 250 g/mol. The fraction of sp³-hybridized carbons (Fsp3) is 0.375. The third-order valence-corrected chi connectivity index (χ3v) is 3.80. The maximum Gasteiger partial charge on any atom is 0.273 e. The molecule has 1 amide bonds. The number of pyridine rings is 1. The van der Waals surface area contributed by atoms with Crippen LogP contribution in [0, 0.1) is 0 Å². The van der Waals surface area contributed by atoms with Gasteiger partial charge in [-0.2, -0.15) is 0 Å². The lowest BCUT2D eigenvalue weighted by atomic mass is 10.1. The van der Waals surface area contributed by atoms with Crippen molar-refractivity contribution in [1.82, 2.24) is 15.2 Å². The van der Waals surface area contributed by atoms with Gasteiger partial charge in [0, 0.05) is 31.2 Å². The molecule has 0 bridgehead atoms. The van der Waals surface area contributed by atoms with Crippen molar-refractivity contribution in [1.29, 1.82) is 0 Å². The zero-order valence-corrected chi connectivity index (χ0v) is 11.7. The van der Waals surface area contributed by atoms with E-state index in [2.05, 4.69) is 17.2 Å². The maximum absolute atomic E-state index is 12.8. The van der Waals surface area contributed by atoms with Gasteiger partial charge in [0.1, 0.15) is 5.69 Å². The van der Waals surface area contributed by atoms with Gasteiger partial charge >= 0.3 is 0 Å². The van der Waals surface area contributed by atoms with Crippen LogP contribution in [0.2, 0.25) is 0 Å². The molecule has 0 unspecified atom stereocenters. The third-order valence-electron chi connectivity index (χ3n) is 3.80. The molecule has 0 radical (unpaired) electrons. The van der Waals surface area contributed by atoms with Gasteiger partial charge in [-0.15, -0.1) is 0 Å². The molecule has 20 heavy (non-hydrogen) atoms. The minimum absolute atomic E-state index is 0.0511. The minimum Gasteiger partial charge on any atom is -0.332 e. The highest BCUT2D eigenvalue weighted by Crippen LogP contribution is 2.19. The highest BCUT2D eigenvalue weighted by molar-refractivity contribution is 6.05. The number of fused-ring (bicyclic) bond motifs is 1. The van der Waals surface area contributed by atoms with Gasteiger partial charge in [-0.1, -0.05) is 31.2 Å². The van der Waals surface area contributed by atoms with E-state index >= 15 is 0 Å². The molecule has 0 saturated carbocycles. The lowest BCUT2D eigenvalue weighted by Gasteiger charge is -2.38. The second-order valence-electron chi connectivity index (χ2n) is 5.19. The van der Waals surface area contributed by atoms with Gasteiger partial charge in [0.25, 0.3) is 5.91 Å². The predicted molar refractivity (Wildman–Crippen MR) is 79.7 cm³/mol. The first-order valence-corrected chi connectivity index (χ1v) is 7.16. The van der Waals surface area contributed by atoms with Crippen LogP contribution < -0.4 is 5.32 Å². The van der Waals surface area contributed by atoms with Crippen LogP contribution in [0.4, 0.5) is 0 Å². The van der Waals surface area contributed by atoms with E-state index in [9.17, 15) is 4.79 Å². The predicted octanol–water partition coefficient (Wildman–Crippen LogP) is 2.06. The number of carbonyl (C=O) groups is 1. The van der Waals surface area contributed by atoms with Gasteiger partial charge in [-0.25, -0.2) is 0 Å². The molecule has 4 nitrogen and oxygen atoms in total. The molecule has 3 rings (SSSR count). The maximum atomic E-state index is 12.8. The first-order valence-electron chi connectivity index (χ1n) is 7.16. The summed E-state index contributed by atoms with van der Waals surface area (Å²) in [6, 6.07) is 10.2. The van der Waals surface area contributed by atoms with Crippen LogP contribution in [0.25, 0.3) is 10.8 Å². The molecule has 1 N–H and O–H groups in total. The average Bonchev–Trinajstić information content (AvgIpc) is 2.43. The van der Waals surface area contributed by atoms with E-state index in [0.29, 0.717) is 11.7 Å². The number of benzene rings is 1. The number of nitrogens with zero attached hydrogens (tertiary/aromatic N) is 2. The second kappa shape index (κ2) is 5.59. The Morgan fingerprint density at radius 3 is 2.85 bits per heavy atom. The van der Waals surface area contributed by atoms with Crippen molar-refractivity contribution in [2.45, 2.75) is 19.4 Å². The minimum atomic E-state index is 0.0511. The Balaban J connectivity index is 1.98. The van der Waals surface area contributed by atoms with Crippen molar-refractivity contribution in [3.8, 4) is 0 Å². The molecule has 104 valence electrons. The molecule has 2 aromatic rings. The molecule has 1 aromatic heterocycles. The van der Waals surface area contributed by atoms with Crippen molar-refractivity contribution in [3.05, 3.63) is 42.2 Å². The van der Waals surface area contributed by atoms with Crippen LogP contribution in [0.1, 0.15) is 23.8 Å². The highest BCUT2D eigenvalue weighted by Gasteiger charge is 2.29. The van der Waals surface area contributed by atoms with E-state index in [1.807, 2.05) is 35.2 Å². The summed E-state index contributed by atoms with van der Waals surface area (Å²) >= 11 is 0. The van der Waals surface area contributed by atoms with Crippen molar-refractivity contribution in [2.24, 2.45) is 0 Å². The summed E-state index contributed by atoms with van der Waals surface area (Å²) in [5, 5.41) is 5.23. The number of nitrogens with one attached hydrogen (secondary N) is 1. The number of amides is 1. The van der Waals surface area contributed by atoms with E-state index in [0.717, 1.165) is 36.8 Å². The van der Waals surface area contributed by atoms with E-state index in [4.69, 9.17) is 0 Å². The summed E-state index contributed by atoms with van der Waals surface area (Å²) in [6.45, 7) is 4.66. The van der Waals surface area contributed by atoms with Crippen LogP contribution in [-0.4, -0.2) is 41.5 Å². The molecule has 1 aromatic carbocycles. The smallest absolute Gasteiger partial charge is 0.273 e. The summed E-state index contributed by atoms with van der Waals surface area (Å²) < 4.78 is 0. The Morgan fingerprint density at radius 2 is 2.15 bits per heavy atom. The monoisotopic (exact) mass is 269 g/mol. The molecule has 0 atom stereocenters. The third kappa shape index (κ3) is 2.27. The van der Waals surface area contributed by atoms with Crippen molar-refractivity contribution < 1.29 is 4.79 Å². The molecule has 0 spiro atoms. The summed E-state index contributed by atoms with van der Waals surface area (Å²) in [5.74, 6) is 0.0511. The van der Waals surface area contributed by atoms with Gasteiger partial charge in [-0.05, 0) is 17.9 Å². The Morgan fingerprint density at radius 1 is 1.35 bits per heavy atom. The Hall–Kier alpha value is -1.94. The van der Waals surface area contributed by atoms with Crippen LogP contribution in [-0.2, 0) is 0 Å². The number of carbonyl (C=O) groups excluding carboxylic acids is 1. The summed E-state index contributed by atoms with van der Waals surface area (Å²) in [5.41, 5.74) is 0.573. The van der Waals surface area contributed by atoms with Crippen LogP contribution in [0.3, 0.4) is 0 Å². The van der Waals surface area contributed by atoms with Crippen molar-refractivity contribution >= 4 is 16.7 Å². The van der Waals surface area contributed by atoms with Gasteiger partial charge in [0.15, 0.2) is 0 Å². The number of hydrogen-bond acceptors (Lipinski definition) is 3. The van der Waals surface area contributed by atoms with Gasteiger partial charge in [-0.3, -0.25) is 9.78 Å². The van der Waals surface area contributed by atoms with Crippen molar-refractivity contribution in [3.63, 3.8) is 0 Å². The molecule has 1 fully saturated rings. The van der Waals surface area contributed by atoms with Crippen molar-refractivity contribution in [2.75, 3.05) is 19.6 Å². The molecule has 1 aliphatic heterocycles. The fourth-order valence-electron chi connectivity index (χ4n) is 2.61. The number of rotatable bonds is 4. The summed E-state index contributed by atoms with van der Waals surface area (Å²) in [7, 11) is 0. The summed E-state index contributed by atoms with van der Waals surface area (Å²) in [6.07, 6.45) is 2.69. The van der Waals surface area contributed by atoms with Gasteiger partial charge in [0.05, 0.1) is 6.04 Å². The Kier molecular flexibility index (Phi) is 3.65. The number of hydrogen-bond donors (Lipinski definition) is 1. The van der Waals surface area contributed by atoms with Gasteiger partial charge < -0.3 is 10.2 Å². The van der Waals surface area contributed by atoms with E-state index in [-0.39, 0.29) is 5.91 Å². The second-order valence-corrected chi connectivity index (χ2v) is 5.19.